The molecular weight excluding hydrogens is 606 g/mol. The lowest BCUT2D eigenvalue weighted by atomic mass is 9.95. The van der Waals surface area contributed by atoms with Crippen LogP contribution in [0, 0.1) is 0 Å². The molecule has 0 fully saturated rings. The maximum Gasteiger partial charge on any atom is 0.328 e. The van der Waals surface area contributed by atoms with E-state index in [1.165, 1.54) is 0 Å². The van der Waals surface area contributed by atoms with Crippen molar-refractivity contribution in [2.75, 3.05) is 0 Å². The minimum absolute atomic E-state index is 0.0428. The highest BCUT2D eigenvalue weighted by atomic mass is 16.3. The van der Waals surface area contributed by atoms with Gasteiger partial charge in [-0.2, -0.15) is 0 Å². The molecule has 0 bridgehead atoms. The van der Waals surface area contributed by atoms with Crippen LogP contribution in [-0.4, -0.2) is 24.1 Å². The van der Waals surface area contributed by atoms with E-state index in [0.29, 0.717) is 17.5 Å². The Morgan fingerprint density at radius 3 is 1.84 bits per heavy atom. The summed E-state index contributed by atoms with van der Waals surface area (Å²) in [5, 5.41) is 2.13. The van der Waals surface area contributed by atoms with Crippen LogP contribution in [0.15, 0.2) is 149 Å². The van der Waals surface area contributed by atoms with Crippen molar-refractivity contribution in [2.45, 2.75) is 0 Å². The Labute approximate surface area is 281 Å². The second kappa shape index (κ2) is 11.3. The molecule has 3 heterocycles. The molecule has 3 aromatic heterocycles. The number of furan rings is 1. The molecule has 49 heavy (non-hydrogen) atoms. The molecule has 0 N–H and O–H groups in total. The van der Waals surface area contributed by atoms with Gasteiger partial charge in [-0.1, -0.05) is 115 Å². The number of rotatable bonds is 5. The van der Waals surface area contributed by atoms with Crippen LogP contribution in [-0.2, 0) is 14.1 Å². The number of aromatic nitrogens is 5. The molecule has 0 spiro atoms. The number of hydrogen-bond acceptors (Lipinski definition) is 5. The summed E-state index contributed by atoms with van der Waals surface area (Å²) in [5.74, 6) is 1.77. The Hall–Kier alpha value is -6.60. The largest absolute Gasteiger partial charge is 0.456 e. The predicted molar refractivity (Wildman–Crippen MR) is 196 cm³/mol. The van der Waals surface area contributed by atoms with Crippen molar-refractivity contribution < 1.29 is 4.42 Å². The molecule has 0 aliphatic heterocycles. The molecule has 0 aliphatic rings. The van der Waals surface area contributed by atoms with E-state index in [4.69, 9.17) is 19.4 Å². The number of aryl methyl sites for hydroxylation is 2. The van der Waals surface area contributed by atoms with E-state index in [0.717, 1.165) is 71.9 Å². The molecule has 0 saturated carbocycles. The number of imidazole rings is 1. The minimum Gasteiger partial charge on any atom is -0.456 e. The van der Waals surface area contributed by atoms with E-state index in [1.54, 1.807) is 23.2 Å². The molecule has 0 amide bonds. The SMILES string of the molecule is Cn1c(=O)n(C)c2cc(-c3ccc(-c4nc(-c5ccccc5)nc(-c5ccccc5-c5cccc6oc7ccccc7c56)n4)cc3)ccc21. The van der Waals surface area contributed by atoms with Crippen LogP contribution in [0.5, 0.6) is 0 Å². The van der Waals surface area contributed by atoms with Gasteiger partial charge in [0.1, 0.15) is 11.2 Å². The van der Waals surface area contributed by atoms with Crippen LogP contribution in [0.2, 0.25) is 0 Å². The lowest BCUT2D eigenvalue weighted by Crippen LogP contribution is -2.19. The summed E-state index contributed by atoms with van der Waals surface area (Å²) in [4.78, 5) is 27.6. The lowest BCUT2D eigenvalue weighted by molar-refractivity contribution is 0.669. The first kappa shape index (κ1) is 28.6. The number of para-hydroxylation sites is 1. The van der Waals surface area contributed by atoms with Crippen molar-refractivity contribution in [1.82, 2.24) is 24.1 Å². The summed E-state index contributed by atoms with van der Waals surface area (Å²) < 4.78 is 9.58. The Kier molecular flexibility index (Phi) is 6.59. The zero-order valence-electron chi connectivity index (χ0n) is 26.8. The average Bonchev–Trinajstić information content (AvgIpc) is 3.65. The Balaban J connectivity index is 1.19. The fourth-order valence-corrected chi connectivity index (χ4v) is 6.75. The van der Waals surface area contributed by atoms with E-state index >= 15 is 0 Å². The van der Waals surface area contributed by atoms with Gasteiger partial charge in [-0.15, -0.1) is 0 Å². The molecule has 9 aromatic rings. The molecular formula is C42H29N5O2. The second-order valence-electron chi connectivity index (χ2n) is 12.2. The topological polar surface area (TPSA) is 78.7 Å². The van der Waals surface area contributed by atoms with Crippen LogP contribution < -0.4 is 5.69 Å². The Morgan fingerprint density at radius 2 is 1.04 bits per heavy atom. The predicted octanol–water partition coefficient (Wildman–Crippen LogP) is 9.30. The highest BCUT2D eigenvalue weighted by molar-refractivity contribution is 6.13. The van der Waals surface area contributed by atoms with Gasteiger partial charge >= 0.3 is 5.69 Å². The first-order valence-corrected chi connectivity index (χ1v) is 16.1. The van der Waals surface area contributed by atoms with Crippen LogP contribution in [0.25, 0.3) is 89.4 Å². The van der Waals surface area contributed by atoms with Crippen molar-refractivity contribution in [1.29, 1.82) is 0 Å². The summed E-state index contributed by atoms with van der Waals surface area (Å²) in [6.07, 6.45) is 0. The van der Waals surface area contributed by atoms with Crippen molar-refractivity contribution in [2.24, 2.45) is 14.1 Å². The van der Waals surface area contributed by atoms with Crippen molar-refractivity contribution in [3.63, 3.8) is 0 Å². The normalized spacial score (nSPS) is 11.6. The molecule has 0 radical (unpaired) electrons. The number of hydrogen-bond donors (Lipinski definition) is 0. The smallest absolute Gasteiger partial charge is 0.328 e. The van der Waals surface area contributed by atoms with E-state index < -0.39 is 0 Å². The van der Waals surface area contributed by atoms with Gasteiger partial charge in [0.15, 0.2) is 17.5 Å². The summed E-state index contributed by atoms with van der Waals surface area (Å²) in [6, 6.07) is 46.9. The van der Waals surface area contributed by atoms with E-state index in [-0.39, 0.29) is 5.69 Å². The molecule has 7 heteroatoms. The van der Waals surface area contributed by atoms with Gasteiger partial charge in [-0.3, -0.25) is 9.13 Å². The monoisotopic (exact) mass is 635 g/mol. The first-order valence-electron chi connectivity index (χ1n) is 16.1. The Morgan fingerprint density at radius 1 is 0.469 bits per heavy atom. The third kappa shape index (κ3) is 4.74. The van der Waals surface area contributed by atoms with Crippen LogP contribution >= 0.6 is 0 Å². The standard InChI is InChI=1S/C42H29N5O2/c1-46-34-24-23-29(25-35(34)47(2)42(46)48)26-19-21-28(22-20-26)40-43-39(27-11-4-3-5-12-27)44-41(45-40)32-14-7-6-13-30(32)31-16-10-18-37-38(31)33-15-8-9-17-36(33)49-37/h3-25H,1-2H3. The van der Waals surface area contributed by atoms with E-state index in [1.807, 2.05) is 97.1 Å². The van der Waals surface area contributed by atoms with Crippen LogP contribution in [0.3, 0.4) is 0 Å². The second-order valence-corrected chi connectivity index (χ2v) is 12.2. The molecule has 9 rings (SSSR count). The fraction of sp³-hybridized carbons (Fsp3) is 0.0476. The molecule has 0 atom stereocenters. The van der Waals surface area contributed by atoms with Crippen LogP contribution in [0.4, 0.5) is 0 Å². The van der Waals surface area contributed by atoms with Gasteiger partial charge in [0.25, 0.3) is 0 Å². The molecule has 0 saturated heterocycles. The van der Waals surface area contributed by atoms with E-state index in [9.17, 15) is 4.79 Å². The summed E-state index contributed by atoms with van der Waals surface area (Å²) in [6.45, 7) is 0. The van der Waals surface area contributed by atoms with Gasteiger partial charge in [0.2, 0.25) is 0 Å². The van der Waals surface area contributed by atoms with Gasteiger partial charge in [-0.05, 0) is 46.5 Å². The quantitative estimate of drug-likeness (QED) is 0.188. The molecule has 234 valence electrons. The average molecular weight is 636 g/mol. The lowest BCUT2D eigenvalue weighted by Gasteiger charge is -2.13. The van der Waals surface area contributed by atoms with Crippen LogP contribution in [0.1, 0.15) is 0 Å². The highest BCUT2D eigenvalue weighted by Gasteiger charge is 2.19. The minimum atomic E-state index is -0.0428. The molecule has 6 aromatic carbocycles. The zero-order valence-corrected chi connectivity index (χ0v) is 26.8. The van der Waals surface area contributed by atoms with Crippen molar-refractivity contribution in [3.05, 3.63) is 150 Å². The first-order chi connectivity index (χ1) is 24.0. The summed E-state index contributed by atoms with van der Waals surface area (Å²) in [7, 11) is 3.60. The maximum absolute atomic E-state index is 12.5. The zero-order chi connectivity index (χ0) is 33.1. The third-order valence-corrected chi connectivity index (χ3v) is 9.28. The Bertz CT molecular complexity index is 2760. The van der Waals surface area contributed by atoms with E-state index in [2.05, 4.69) is 42.5 Å². The number of nitrogens with zero attached hydrogens (tertiary/aromatic N) is 5. The highest BCUT2D eigenvalue weighted by Crippen LogP contribution is 2.40. The molecule has 0 aliphatic carbocycles. The molecule has 7 nitrogen and oxygen atoms in total. The van der Waals surface area contributed by atoms with Crippen molar-refractivity contribution in [3.8, 4) is 56.4 Å². The summed E-state index contributed by atoms with van der Waals surface area (Å²) >= 11 is 0. The number of fused-ring (bicyclic) bond motifs is 4. The summed E-state index contributed by atoms with van der Waals surface area (Å²) in [5.41, 5.74) is 10.2. The fourth-order valence-electron chi connectivity index (χ4n) is 6.75. The van der Waals surface area contributed by atoms with Gasteiger partial charge in [0.05, 0.1) is 11.0 Å². The molecule has 0 unspecified atom stereocenters. The van der Waals surface area contributed by atoms with Crippen molar-refractivity contribution >= 4 is 33.0 Å². The third-order valence-electron chi connectivity index (χ3n) is 9.28. The number of benzene rings is 6. The maximum atomic E-state index is 12.5. The van der Waals surface area contributed by atoms with Gasteiger partial charge < -0.3 is 4.42 Å². The van der Waals surface area contributed by atoms with Gasteiger partial charge in [0, 0.05) is 41.6 Å². The van der Waals surface area contributed by atoms with Gasteiger partial charge in [-0.25, -0.2) is 19.7 Å².